The molecule has 1 atom stereocenters. The molecule has 0 radical (unpaired) electrons. The molecular weight excluding hydrogens is 548 g/mol. The molecule has 1 fully saturated rings. The number of aryl methyl sites for hydroxylation is 1. The van der Waals surface area contributed by atoms with E-state index in [2.05, 4.69) is 5.32 Å². The van der Waals surface area contributed by atoms with Crippen LogP contribution in [0, 0.1) is 0 Å². The third-order valence-corrected chi connectivity index (χ3v) is 9.78. The van der Waals surface area contributed by atoms with E-state index in [0.29, 0.717) is 54.9 Å². The number of hydrogen-bond acceptors (Lipinski definition) is 9. The Labute approximate surface area is 242 Å². The van der Waals surface area contributed by atoms with Gasteiger partial charge in [-0.3, -0.25) is 14.6 Å². The van der Waals surface area contributed by atoms with E-state index in [-0.39, 0.29) is 23.1 Å². The number of fused-ring (bicyclic) bond motifs is 1. The molecule has 1 saturated heterocycles. The second-order valence-electron chi connectivity index (χ2n) is 9.90. The molecule has 0 saturated carbocycles. The Morgan fingerprint density at radius 1 is 1.12 bits per heavy atom. The number of benzene rings is 1. The molecule has 0 spiro atoms. The predicted molar refractivity (Wildman–Crippen MR) is 158 cm³/mol. The first-order chi connectivity index (χ1) is 19.5. The van der Waals surface area contributed by atoms with E-state index in [1.807, 2.05) is 30.3 Å². The number of carbonyl (C=O) groups is 3. The number of anilines is 1. The standard InChI is InChI=1S/C29H34N4O5S2/c1-37-29(36)21-19-10-6-3-7-11-20(19)39-27(21)32-25(34)24-23(30)22(28(35)33-14-16-38-17-15-33)26(40-24)31-13-12-18-8-4-2-5-9-18/h2,4-5,8-9,24H,3,6-7,10-17,30H2,1H3,(H,32,34). The van der Waals surface area contributed by atoms with Crippen LogP contribution in [0.1, 0.15) is 45.6 Å². The van der Waals surface area contributed by atoms with Gasteiger partial charge in [0.1, 0.15) is 15.3 Å². The number of nitrogens with one attached hydrogen (secondary N) is 1. The number of esters is 1. The number of aliphatic imine (C=N–C) groups is 1. The minimum atomic E-state index is -0.845. The van der Waals surface area contributed by atoms with Crippen molar-refractivity contribution >= 4 is 50.9 Å². The van der Waals surface area contributed by atoms with E-state index < -0.39 is 11.2 Å². The van der Waals surface area contributed by atoms with Gasteiger partial charge in [0.25, 0.3) is 5.91 Å². The minimum absolute atomic E-state index is 0.190. The lowest BCUT2D eigenvalue weighted by Gasteiger charge is -2.27. The van der Waals surface area contributed by atoms with Gasteiger partial charge in [-0.1, -0.05) is 48.5 Å². The molecule has 3 aliphatic rings. The topological polar surface area (TPSA) is 123 Å². The van der Waals surface area contributed by atoms with E-state index in [1.165, 1.54) is 30.2 Å². The lowest BCUT2D eigenvalue weighted by molar-refractivity contribution is -0.130. The highest BCUT2D eigenvalue weighted by Crippen LogP contribution is 2.40. The number of hydrogen-bond donors (Lipinski definition) is 2. The van der Waals surface area contributed by atoms with Gasteiger partial charge < -0.3 is 25.4 Å². The van der Waals surface area contributed by atoms with Crippen molar-refractivity contribution in [2.75, 3.05) is 45.3 Å². The zero-order chi connectivity index (χ0) is 28.1. The van der Waals surface area contributed by atoms with Crippen molar-refractivity contribution < 1.29 is 23.9 Å². The van der Waals surface area contributed by atoms with E-state index >= 15 is 0 Å². The third-order valence-electron chi connectivity index (χ3n) is 7.31. The Hall–Kier alpha value is -3.15. The van der Waals surface area contributed by atoms with E-state index in [1.54, 1.807) is 4.90 Å². The number of ether oxygens (including phenoxy) is 2. The van der Waals surface area contributed by atoms with Crippen LogP contribution in [-0.4, -0.2) is 72.9 Å². The Balaban J connectivity index is 1.41. The molecule has 212 valence electrons. The first-order valence-corrected chi connectivity index (χ1v) is 15.3. The quantitative estimate of drug-likeness (QED) is 0.378. The van der Waals surface area contributed by atoms with Crippen LogP contribution >= 0.6 is 23.1 Å². The second kappa shape index (κ2) is 13.0. The average molecular weight is 583 g/mol. The molecule has 1 aromatic heterocycles. The first kappa shape index (κ1) is 28.4. The van der Waals surface area contributed by atoms with Gasteiger partial charge in [0, 0.05) is 30.2 Å². The molecule has 11 heteroatoms. The van der Waals surface area contributed by atoms with E-state index in [9.17, 15) is 14.4 Å². The van der Waals surface area contributed by atoms with Gasteiger partial charge in [-0.25, -0.2) is 4.79 Å². The maximum absolute atomic E-state index is 13.7. The van der Waals surface area contributed by atoms with Crippen LogP contribution in [0.3, 0.4) is 0 Å². The Morgan fingerprint density at radius 2 is 1.88 bits per heavy atom. The number of nitrogens with zero attached hydrogens (tertiary/aromatic N) is 2. The molecule has 2 amide bonds. The third kappa shape index (κ3) is 6.11. The molecule has 1 unspecified atom stereocenters. The van der Waals surface area contributed by atoms with Crippen LogP contribution in [0.15, 0.2) is 46.6 Å². The summed E-state index contributed by atoms with van der Waals surface area (Å²) < 4.78 is 10.5. The number of rotatable bonds is 7. The molecular formula is C29H34N4O5S2. The Morgan fingerprint density at radius 3 is 2.62 bits per heavy atom. The summed E-state index contributed by atoms with van der Waals surface area (Å²) in [5.74, 6) is -1.08. The zero-order valence-corrected chi connectivity index (χ0v) is 24.2. The highest BCUT2D eigenvalue weighted by molar-refractivity contribution is 8.16. The SMILES string of the molecule is COC(=O)c1c(NC(=O)C2SC(=NCCc3ccccc3)C(C(=O)N3CCOCC3)=C2N)sc2c1CCCCC2. The van der Waals surface area contributed by atoms with Gasteiger partial charge >= 0.3 is 5.97 Å². The van der Waals surface area contributed by atoms with Gasteiger partial charge in [0.15, 0.2) is 0 Å². The van der Waals surface area contributed by atoms with Crippen LogP contribution < -0.4 is 11.1 Å². The molecule has 1 aromatic carbocycles. The minimum Gasteiger partial charge on any atom is -0.465 e. The Bertz CT molecular complexity index is 1330. The van der Waals surface area contributed by atoms with Crippen LogP contribution in [-0.2, 0) is 38.3 Å². The fourth-order valence-corrected chi connectivity index (χ4v) is 7.60. The van der Waals surface area contributed by atoms with Gasteiger partial charge in [-0.05, 0) is 43.2 Å². The molecule has 40 heavy (non-hydrogen) atoms. The van der Waals surface area contributed by atoms with Crippen molar-refractivity contribution in [2.45, 2.75) is 43.8 Å². The lowest BCUT2D eigenvalue weighted by atomic mass is 10.1. The summed E-state index contributed by atoms with van der Waals surface area (Å²) in [6.07, 6.45) is 5.50. The highest BCUT2D eigenvalue weighted by atomic mass is 32.2. The molecule has 9 nitrogen and oxygen atoms in total. The number of thioether (sulfide) groups is 1. The summed E-state index contributed by atoms with van der Waals surface area (Å²) in [5.41, 5.74) is 9.57. The largest absolute Gasteiger partial charge is 0.465 e. The fourth-order valence-electron chi connectivity index (χ4n) is 5.20. The van der Waals surface area contributed by atoms with E-state index in [4.69, 9.17) is 20.2 Å². The van der Waals surface area contributed by atoms with Crippen LogP contribution in [0.5, 0.6) is 0 Å². The molecule has 3 heterocycles. The average Bonchev–Trinajstić information content (AvgIpc) is 3.39. The Kier molecular flexibility index (Phi) is 9.23. The number of morpholine rings is 1. The van der Waals surface area contributed by atoms with Crippen molar-refractivity contribution in [3.8, 4) is 0 Å². The van der Waals surface area contributed by atoms with Crippen LogP contribution in [0.4, 0.5) is 5.00 Å². The van der Waals surface area contributed by atoms with Crippen LogP contribution in [0.2, 0.25) is 0 Å². The van der Waals surface area contributed by atoms with Crippen molar-refractivity contribution in [1.82, 2.24) is 4.90 Å². The van der Waals surface area contributed by atoms with Crippen molar-refractivity contribution in [3.05, 3.63) is 63.2 Å². The summed E-state index contributed by atoms with van der Waals surface area (Å²) in [5, 5.41) is 3.07. The first-order valence-electron chi connectivity index (χ1n) is 13.6. The summed E-state index contributed by atoms with van der Waals surface area (Å²) >= 11 is 2.62. The summed E-state index contributed by atoms with van der Waals surface area (Å²) in [6.45, 7) is 2.28. The van der Waals surface area contributed by atoms with Crippen molar-refractivity contribution in [1.29, 1.82) is 0 Å². The van der Waals surface area contributed by atoms with Gasteiger partial charge in [-0.15, -0.1) is 11.3 Å². The van der Waals surface area contributed by atoms with Crippen molar-refractivity contribution in [2.24, 2.45) is 10.7 Å². The normalized spacial score (nSPS) is 20.3. The number of nitrogens with two attached hydrogens (primary N) is 1. The predicted octanol–water partition coefficient (Wildman–Crippen LogP) is 3.57. The monoisotopic (exact) mass is 582 g/mol. The van der Waals surface area contributed by atoms with Crippen molar-refractivity contribution in [3.63, 3.8) is 0 Å². The van der Waals surface area contributed by atoms with E-state index in [0.717, 1.165) is 48.1 Å². The summed E-state index contributed by atoms with van der Waals surface area (Å²) in [6, 6.07) is 9.98. The molecule has 0 bridgehead atoms. The molecule has 3 N–H and O–H groups in total. The number of carbonyl (C=O) groups excluding carboxylic acids is 3. The maximum Gasteiger partial charge on any atom is 0.341 e. The fraction of sp³-hybridized carbons (Fsp3) is 0.448. The lowest BCUT2D eigenvalue weighted by Crippen LogP contribution is -2.42. The number of thiophene rings is 1. The number of methoxy groups -OCH3 is 1. The maximum atomic E-state index is 13.7. The summed E-state index contributed by atoms with van der Waals surface area (Å²) in [7, 11) is 1.35. The smallest absolute Gasteiger partial charge is 0.341 e. The van der Waals surface area contributed by atoms with Crippen LogP contribution in [0.25, 0.3) is 0 Å². The van der Waals surface area contributed by atoms with Gasteiger partial charge in [-0.2, -0.15) is 0 Å². The van der Waals surface area contributed by atoms with Gasteiger partial charge in [0.05, 0.1) is 31.5 Å². The molecule has 1 aliphatic carbocycles. The molecule has 2 aliphatic heterocycles. The van der Waals surface area contributed by atoms with Gasteiger partial charge in [0.2, 0.25) is 5.91 Å². The number of amides is 2. The second-order valence-corrected chi connectivity index (χ2v) is 12.1. The summed E-state index contributed by atoms with van der Waals surface area (Å²) in [4.78, 5) is 47.6. The molecule has 2 aromatic rings. The zero-order valence-electron chi connectivity index (χ0n) is 22.6. The highest BCUT2D eigenvalue weighted by Gasteiger charge is 2.40. The molecule has 5 rings (SSSR count).